The third-order valence-corrected chi connectivity index (χ3v) is 2.68. The predicted octanol–water partition coefficient (Wildman–Crippen LogP) is 1.44. The molecule has 0 aliphatic carbocycles. The van der Waals surface area contributed by atoms with Crippen LogP contribution in [0.5, 0.6) is 0 Å². The van der Waals surface area contributed by atoms with Crippen molar-refractivity contribution in [3.8, 4) is 0 Å². The Balaban J connectivity index is 2.43. The SMILES string of the molecule is CC(CN(C)Cc1ccncc1)C(N)=S. The topological polar surface area (TPSA) is 42.2 Å². The van der Waals surface area contributed by atoms with Crippen molar-refractivity contribution >= 4 is 17.2 Å². The first-order valence-corrected chi connectivity index (χ1v) is 5.37. The van der Waals surface area contributed by atoms with Crippen LogP contribution in [0.25, 0.3) is 0 Å². The summed E-state index contributed by atoms with van der Waals surface area (Å²) in [6.45, 7) is 3.83. The van der Waals surface area contributed by atoms with Crippen LogP contribution in [-0.2, 0) is 6.54 Å². The fourth-order valence-electron chi connectivity index (χ4n) is 1.42. The lowest BCUT2D eigenvalue weighted by Gasteiger charge is -2.20. The van der Waals surface area contributed by atoms with E-state index in [-0.39, 0.29) is 5.92 Å². The van der Waals surface area contributed by atoms with Gasteiger partial charge >= 0.3 is 0 Å². The molecule has 0 aliphatic heterocycles. The van der Waals surface area contributed by atoms with Crippen molar-refractivity contribution < 1.29 is 0 Å². The molecular weight excluding hydrogens is 206 g/mol. The molecule has 0 amide bonds. The number of nitrogens with two attached hydrogens (primary N) is 1. The van der Waals surface area contributed by atoms with Crippen LogP contribution in [0.4, 0.5) is 0 Å². The van der Waals surface area contributed by atoms with Crippen LogP contribution in [0.3, 0.4) is 0 Å². The Labute approximate surface area is 96.3 Å². The largest absolute Gasteiger partial charge is 0.393 e. The van der Waals surface area contributed by atoms with E-state index in [1.807, 2.05) is 19.1 Å². The Morgan fingerprint density at radius 2 is 2.13 bits per heavy atom. The molecule has 1 heterocycles. The van der Waals surface area contributed by atoms with E-state index >= 15 is 0 Å². The summed E-state index contributed by atoms with van der Waals surface area (Å²) < 4.78 is 0. The summed E-state index contributed by atoms with van der Waals surface area (Å²) in [7, 11) is 2.06. The summed E-state index contributed by atoms with van der Waals surface area (Å²) >= 11 is 4.94. The maximum absolute atomic E-state index is 5.57. The number of hydrogen-bond donors (Lipinski definition) is 1. The van der Waals surface area contributed by atoms with Gasteiger partial charge in [0.25, 0.3) is 0 Å². The molecule has 82 valence electrons. The number of aromatic nitrogens is 1. The van der Waals surface area contributed by atoms with Gasteiger partial charge < -0.3 is 10.6 Å². The summed E-state index contributed by atoms with van der Waals surface area (Å²) in [5.74, 6) is 0.256. The molecule has 0 spiro atoms. The van der Waals surface area contributed by atoms with E-state index in [1.54, 1.807) is 12.4 Å². The number of rotatable bonds is 5. The first-order chi connectivity index (χ1) is 7.09. The standard InChI is InChI=1S/C11H17N3S/c1-9(11(12)15)7-14(2)8-10-3-5-13-6-4-10/h3-6,9H,7-8H2,1-2H3,(H2,12,15). The second kappa shape index (κ2) is 5.78. The minimum atomic E-state index is 0.256. The van der Waals surface area contributed by atoms with Gasteiger partial charge in [0.15, 0.2) is 0 Å². The highest BCUT2D eigenvalue weighted by Gasteiger charge is 2.08. The quantitative estimate of drug-likeness (QED) is 0.767. The molecule has 1 aromatic rings. The van der Waals surface area contributed by atoms with E-state index in [4.69, 9.17) is 18.0 Å². The van der Waals surface area contributed by atoms with Crippen molar-refractivity contribution in [2.75, 3.05) is 13.6 Å². The fourth-order valence-corrected chi connectivity index (χ4v) is 1.50. The fraction of sp³-hybridized carbons (Fsp3) is 0.455. The molecule has 1 rings (SSSR count). The van der Waals surface area contributed by atoms with E-state index in [0.717, 1.165) is 13.1 Å². The molecule has 2 N–H and O–H groups in total. The van der Waals surface area contributed by atoms with Crippen molar-refractivity contribution in [3.05, 3.63) is 30.1 Å². The van der Waals surface area contributed by atoms with E-state index in [0.29, 0.717) is 4.99 Å². The highest BCUT2D eigenvalue weighted by atomic mass is 32.1. The molecule has 15 heavy (non-hydrogen) atoms. The molecule has 0 saturated carbocycles. The van der Waals surface area contributed by atoms with Crippen LogP contribution >= 0.6 is 12.2 Å². The lowest BCUT2D eigenvalue weighted by atomic mass is 10.1. The van der Waals surface area contributed by atoms with Crippen molar-refractivity contribution in [2.45, 2.75) is 13.5 Å². The molecule has 0 radical (unpaired) electrons. The Morgan fingerprint density at radius 1 is 1.53 bits per heavy atom. The summed E-state index contributed by atoms with van der Waals surface area (Å²) in [4.78, 5) is 6.77. The van der Waals surface area contributed by atoms with Gasteiger partial charge in [-0.05, 0) is 24.7 Å². The van der Waals surface area contributed by atoms with Crippen LogP contribution in [0, 0.1) is 5.92 Å². The van der Waals surface area contributed by atoms with Crippen molar-refractivity contribution in [2.24, 2.45) is 11.7 Å². The minimum Gasteiger partial charge on any atom is -0.393 e. The average Bonchev–Trinajstić information content (AvgIpc) is 2.18. The molecule has 0 bridgehead atoms. The highest BCUT2D eigenvalue weighted by Crippen LogP contribution is 2.04. The zero-order chi connectivity index (χ0) is 11.3. The normalized spacial score (nSPS) is 12.7. The molecule has 0 aromatic carbocycles. The second-order valence-electron chi connectivity index (χ2n) is 3.86. The van der Waals surface area contributed by atoms with Crippen LogP contribution in [0.1, 0.15) is 12.5 Å². The lowest BCUT2D eigenvalue weighted by Crippen LogP contribution is -2.31. The monoisotopic (exact) mass is 223 g/mol. The van der Waals surface area contributed by atoms with Gasteiger partial charge in [-0.3, -0.25) is 4.98 Å². The summed E-state index contributed by atoms with van der Waals surface area (Å²) in [5.41, 5.74) is 6.82. The third kappa shape index (κ3) is 4.36. The van der Waals surface area contributed by atoms with Crippen LogP contribution in [-0.4, -0.2) is 28.5 Å². The van der Waals surface area contributed by atoms with Crippen molar-refractivity contribution in [1.82, 2.24) is 9.88 Å². The van der Waals surface area contributed by atoms with Gasteiger partial charge in [0.2, 0.25) is 0 Å². The first-order valence-electron chi connectivity index (χ1n) is 4.96. The van der Waals surface area contributed by atoms with Crippen LogP contribution in [0.2, 0.25) is 0 Å². The van der Waals surface area contributed by atoms with E-state index in [2.05, 4.69) is 16.9 Å². The average molecular weight is 223 g/mol. The zero-order valence-corrected chi connectivity index (χ0v) is 10.00. The Bertz CT molecular complexity index is 313. The van der Waals surface area contributed by atoms with Gasteiger partial charge in [0.05, 0.1) is 4.99 Å². The number of nitrogens with zero attached hydrogens (tertiary/aromatic N) is 2. The molecule has 0 fully saturated rings. The van der Waals surface area contributed by atoms with Crippen LogP contribution < -0.4 is 5.73 Å². The maximum atomic E-state index is 5.57. The number of thiocarbonyl (C=S) groups is 1. The third-order valence-electron chi connectivity index (χ3n) is 2.27. The molecular formula is C11H17N3S. The van der Waals surface area contributed by atoms with Crippen molar-refractivity contribution in [1.29, 1.82) is 0 Å². The van der Waals surface area contributed by atoms with E-state index < -0.39 is 0 Å². The van der Waals surface area contributed by atoms with Gasteiger partial charge in [0.1, 0.15) is 0 Å². The summed E-state index contributed by atoms with van der Waals surface area (Å²) in [5, 5.41) is 0. The molecule has 0 saturated heterocycles. The molecule has 1 unspecified atom stereocenters. The van der Waals surface area contributed by atoms with Gasteiger partial charge in [-0.25, -0.2) is 0 Å². The van der Waals surface area contributed by atoms with Gasteiger partial charge in [-0.15, -0.1) is 0 Å². The first kappa shape index (κ1) is 12.1. The Kier molecular flexibility index (Phi) is 4.65. The highest BCUT2D eigenvalue weighted by molar-refractivity contribution is 7.80. The Morgan fingerprint density at radius 3 is 2.67 bits per heavy atom. The number of pyridine rings is 1. The second-order valence-corrected chi connectivity index (χ2v) is 4.33. The molecule has 1 aromatic heterocycles. The maximum Gasteiger partial charge on any atom is 0.0768 e. The minimum absolute atomic E-state index is 0.256. The van der Waals surface area contributed by atoms with E-state index in [9.17, 15) is 0 Å². The molecule has 0 aliphatic rings. The van der Waals surface area contributed by atoms with E-state index in [1.165, 1.54) is 5.56 Å². The molecule has 1 atom stereocenters. The van der Waals surface area contributed by atoms with Crippen molar-refractivity contribution in [3.63, 3.8) is 0 Å². The Hall–Kier alpha value is -1.00. The van der Waals surface area contributed by atoms with Crippen LogP contribution in [0.15, 0.2) is 24.5 Å². The van der Waals surface area contributed by atoms with Gasteiger partial charge in [0, 0.05) is 31.4 Å². The lowest BCUT2D eigenvalue weighted by molar-refractivity contribution is 0.307. The summed E-state index contributed by atoms with van der Waals surface area (Å²) in [6, 6.07) is 4.03. The predicted molar refractivity (Wildman–Crippen MR) is 66.5 cm³/mol. The molecule has 4 heteroatoms. The number of hydrogen-bond acceptors (Lipinski definition) is 3. The smallest absolute Gasteiger partial charge is 0.0768 e. The van der Waals surface area contributed by atoms with Gasteiger partial charge in [-0.1, -0.05) is 19.1 Å². The zero-order valence-electron chi connectivity index (χ0n) is 9.18. The summed E-state index contributed by atoms with van der Waals surface area (Å²) in [6.07, 6.45) is 3.61. The van der Waals surface area contributed by atoms with Gasteiger partial charge in [-0.2, -0.15) is 0 Å². The molecule has 3 nitrogen and oxygen atoms in total.